The lowest BCUT2D eigenvalue weighted by atomic mass is 9.97. The number of hydrogen-bond acceptors (Lipinski definition) is 6. The molecule has 0 radical (unpaired) electrons. The van der Waals surface area contributed by atoms with Crippen LogP contribution in [-0.4, -0.2) is 75.8 Å². The summed E-state index contributed by atoms with van der Waals surface area (Å²) >= 11 is 0. The molecule has 2 unspecified atom stereocenters. The van der Waals surface area contributed by atoms with E-state index in [0.717, 1.165) is 12.1 Å². The maximum atomic E-state index is 13.8. The van der Waals surface area contributed by atoms with E-state index in [1.807, 2.05) is 18.0 Å². The van der Waals surface area contributed by atoms with Gasteiger partial charge in [0.2, 0.25) is 11.6 Å². The number of quaternary nitrogens is 1. The van der Waals surface area contributed by atoms with Gasteiger partial charge in [0.15, 0.2) is 0 Å². The molecule has 3 atom stereocenters. The molecule has 2 N–H and O–H groups in total. The first-order valence-corrected chi connectivity index (χ1v) is 13.5. The lowest BCUT2D eigenvalue weighted by molar-refractivity contribution is -0.204. The zero-order valence-electron chi connectivity index (χ0n) is 23.1. The van der Waals surface area contributed by atoms with Gasteiger partial charge in [0, 0.05) is 25.2 Å². The molecule has 232 valence electrons. The minimum absolute atomic E-state index is 0.0553. The van der Waals surface area contributed by atoms with Crippen molar-refractivity contribution < 1.29 is 40.8 Å². The van der Waals surface area contributed by atoms with Gasteiger partial charge < -0.3 is 9.74 Å². The van der Waals surface area contributed by atoms with Crippen LogP contribution in [0.25, 0.3) is 0 Å². The Kier molecular flexibility index (Phi) is 6.98. The molecule has 0 spiro atoms. The van der Waals surface area contributed by atoms with E-state index in [0.29, 0.717) is 43.4 Å². The normalized spacial score (nSPS) is 24.8. The molecule has 1 fully saturated rings. The average molecular weight is 623 g/mol. The number of urea groups is 1. The maximum absolute atomic E-state index is 13.8. The van der Waals surface area contributed by atoms with E-state index in [1.54, 1.807) is 46.9 Å². The molecule has 4 aliphatic heterocycles. The van der Waals surface area contributed by atoms with Gasteiger partial charge in [0.25, 0.3) is 0 Å². The molecule has 0 saturated carbocycles. The second-order valence-electron chi connectivity index (χ2n) is 10.8. The average Bonchev–Trinajstić information content (AvgIpc) is 3.67. The Balaban J connectivity index is 1.50. The highest BCUT2D eigenvalue weighted by molar-refractivity contribution is 5.81. The van der Waals surface area contributed by atoms with Crippen molar-refractivity contribution in [2.45, 2.75) is 30.9 Å². The summed E-state index contributed by atoms with van der Waals surface area (Å²) in [6, 6.07) is 4.00. The predicted octanol–water partition coefficient (Wildman–Crippen LogP) is 4.68. The van der Waals surface area contributed by atoms with Gasteiger partial charge in [-0.15, -0.1) is 0 Å². The summed E-state index contributed by atoms with van der Waals surface area (Å²) in [4.78, 5) is 34.1. The van der Waals surface area contributed by atoms with Crippen molar-refractivity contribution in [1.29, 1.82) is 0 Å². The Bertz CT molecular complexity index is 1600. The van der Waals surface area contributed by atoms with Crippen molar-refractivity contribution in [2.24, 2.45) is 0 Å². The number of nitrogens with one attached hydrogen (secondary N) is 2. The van der Waals surface area contributed by atoms with Crippen LogP contribution in [0.5, 0.6) is 0 Å². The number of hydroxylamine groups is 1. The minimum Gasteiger partial charge on any atom is -0.366 e. The molecule has 5 heterocycles. The summed E-state index contributed by atoms with van der Waals surface area (Å²) in [5, 5.41) is 7.03. The van der Waals surface area contributed by atoms with Crippen LogP contribution in [0.2, 0.25) is 0 Å². The number of likely N-dealkylation sites (N-methyl/N-ethyl adjacent to an activating group) is 1. The van der Waals surface area contributed by atoms with Gasteiger partial charge in [-0.05, 0) is 36.3 Å². The van der Waals surface area contributed by atoms with E-state index in [9.17, 15) is 35.9 Å². The first kappa shape index (κ1) is 29.3. The third kappa shape index (κ3) is 4.98. The Labute approximate surface area is 246 Å². The fourth-order valence-corrected chi connectivity index (χ4v) is 6.04. The number of carbonyl (C=O) groups excluding carboxylic acids is 2. The van der Waals surface area contributed by atoms with E-state index in [1.165, 1.54) is 17.0 Å². The van der Waals surface area contributed by atoms with Gasteiger partial charge in [-0.3, -0.25) is 9.80 Å². The van der Waals surface area contributed by atoms with Crippen molar-refractivity contribution in [3.05, 3.63) is 95.4 Å². The number of rotatable bonds is 3. The molecular weight excluding hydrogens is 596 g/mol. The first-order valence-electron chi connectivity index (χ1n) is 13.5. The highest BCUT2D eigenvalue weighted by atomic mass is 19.4. The fraction of sp³-hybridized carbons (Fsp3) is 0.321. The highest BCUT2D eigenvalue weighted by Crippen LogP contribution is 2.46. The number of halogens is 6. The SMILES string of the molecule is C[N+]1(c2ccn[nH]2)CC=CC=C1N1C2=C(C=CC1c1cccc(C(F)(F)F)c1)N1CC[C@@H](C1)N2C(=O)NOC(=O)C(F)(F)F. The second-order valence-corrected chi connectivity index (χ2v) is 10.8. The van der Waals surface area contributed by atoms with Crippen LogP contribution in [0.4, 0.5) is 37.0 Å². The fourth-order valence-electron chi connectivity index (χ4n) is 6.04. The summed E-state index contributed by atoms with van der Waals surface area (Å²) < 4.78 is 80.1. The number of benzene rings is 1. The molecular formula is C28H26F6N7O3+. The molecule has 2 bridgehead atoms. The number of fused-ring (bicyclic) bond motifs is 3. The van der Waals surface area contributed by atoms with Crippen molar-refractivity contribution >= 4 is 17.8 Å². The third-order valence-corrected chi connectivity index (χ3v) is 8.13. The summed E-state index contributed by atoms with van der Waals surface area (Å²) in [6.45, 7) is 1.25. The van der Waals surface area contributed by atoms with E-state index >= 15 is 0 Å². The van der Waals surface area contributed by atoms with Crippen LogP contribution in [0.1, 0.15) is 23.6 Å². The van der Waals surface area contributed by atoms with Crippen LogP contribution in [0.15, 0.2) is 84.2 Å². The van der Waals surface area contributed by atoms with Gasteiger partial charge in [-0.25, -0.2) is 19.2 Å². The number of H-pyrrole nitrogens is 1. The lowest BCUT2D eigenvalue weighted by Crippen LogP contribution is -2.59. The summed E-state index contributed by atoms with van der Waals surface area (Å²) in [7, 11) is 1.86. The number of aromatic amines is 1. The van der Waals surface area contributed by atoms with Crippen LogP contribution in [0, 0.1) is 0 Å². The van der Waals surface area contributed by atoms with Crippen LogP contribution >= 0.6 is 0 Å². The third-order valence-electron chi connectivity index (χ3n) is 8.13. The van der Waals surface area contributed by atoms with Gasteiger partial charge >= 0.3 is 24.4 Å². The zero-order chi connectivity index (χ0) is 31.4. The first-order chi connectivity index (χ1) is 20.8. The van der Waals surface area contributed by atoms with Crippen molar-refractivity contribution in [2.75, 3.05) is 26.7 Å². The molecule has 16 heteroatoms. The van der Waals surface area contributed by atoms with E-state index < -0.39 is 42.0 Å². The van der Waals surface area contributed by atoms with Crippen LogP contribution < -0.4 is 9.96 Å². The molecule has 0 aliphatic carbocycles. The highest BCUT2D eigenvalue weighted by Gasteiger charge is 2.51. The number of carbonyl (C=O) groups is 2. The minimum atomic E-state index is -5.35. The second kappa shape index (κ2) is 10.5. The standard InChI is InChI=1S/C28H25F6N7O3/c1-41(22-10-12-35-36-22)14-3-2-7-23(41)40-20(17-5-4-6-18(15-17)27(29,30)31)8-9-21-24(40)39(19-11-13-38(21)16-19)26(43)37-44-25(42)28(32,33)34/h2-10,12,15,19-20H,11,13-14,16H2,1H3,(H-,35,36,37,43)/p+1/t19-,20?,41?/m0/s1. The Hall–Kier alpha value is -4.73. The number of aromatic nitrogens is 2. The largest absolute Gasteiger partial charge is 0.493 e. The number of amides is 2. The maximum Gasteiger partial charge on any atom is 0.493 e. The van der Waals surface area contributed by atoms with Crippen molar-refractivity contribution in [1.82, 2.24) is 34.9 Å². The van der Waals surface area contributed by atoms with Gasteiger partial charge in [0.1, 0.15) is 12.4 Å². The number of alkyl halides is 6. The summed E-state index contributed by atoms with van der Waals surface area (Å²) in [6.07, 6.45) is 0.885. The molecule has 10 nitrogen and oxygen atoms in total. The molecule has 4 aliphatic rings. The summed E-state index contributed by atoms with van der Waals surface area (Å²) in [5.41, 5.74) is 1.56. The quantitative estimate of drug-likeness (QED) is 0.294. The molecule has 1 aromatic heterocycles. The molecule has 1 saturated heterocycles. The predicted molar refractivity (Wildman–Crippen MR) is 143 cm³/mol. The van der Waals surface area contributed by atoms with Crippen LogP contribution in [-0.2, 0) is 15.8 Å². The lowest BCUT2D eigenvalue weighted by Gasteiger charge is -2.50. The van der Waals surface area contributed by atoms with E-state index in [2.05, 4.69) is 15.0 Å². The number of nitrogens with zero attached hydrogens (tertiary/aromatic N) is 5. The molecule has 1 aromatic carbocycles. The Morgan fingerprint density at radius 2 is 1.95 bits per heavy atom. The summed E-state index contributed by atoms with van der Waals surface area (Å²) in [5.74, 6) is -1.22. The van der Waals surface area contributed by atoms with Gasteiger partial charge in [-0.2, -0.15) is 36.9 Å². The number of hydrogen-bond donors (Lipinski definition) is 2. The zero-order valence-corrected chi connectivity index (χ0v) is 23.1. The van der Waals surface area contributed by atoms with Crippen LogP contribution in [0.3, 0.4) is 0 Å². The molecule has 2 aromatic rings. The molecule has 2 amide bonds. The Morgan fingerprint density at radius 1 is 1.16 bits per heavy atom. The topological polar surface area (TPSA) is 93.8 Å². The van der Waals surface area contributed by atoms with Crippen molar-refractivity contribution in [3.63, 3.8) is 0 Å². The Morgan fingerprint density at radius 3 is 2.66 bits per heavy atom. The van der Waals surface area contributed by atoms with E-state index in [-0.39, 0.29) is 15.9 Å². The monoisotopic (exact) mass is 622 g/mol. The molecule has 44 heavy (non-hydrogen) atoms. The van der Waals surface area contributed by atoms with Gasteiger partial charge in [0.05, 0.1) is 36.6 Å². The molecule has 6 rings (SSSR count). The van der Waals surface area contributed by atoms with Crippen molar-refractivity contribution in [3.8, 4) is 0 Å². The van der Waals surface area contributed by atoms with E-state index in [4.69, 9.17) is 0 Å². The van der Waals surface area contributed by atoms with Gasteiger partial charge in [-0.1, -0.05) is 24.3 Å². The number of allylic oxidation sites excluding steroid dienone is 3. The smallest absolute Gasteiger partial charge is 0.366 e.